The Labute approximate surface area is 49.5 Å². The van der Waals surface area contributed by atoms with Gasteiger partial charge in [0.1, 0.15) is 0 Å². The molecule has 1 heterocycles. The van der Waals surface area contributed by atoms with Crippen molar-refractivity contribution in [3.63, 3.8) is 0 Å². The monoisotopic (exact) mass is 131 g/mol. The lowest BCUT2D eigenvalue weighted by atomic mass is 10.6. The lowest BCUT2D eigenvalue weighted by molar-refractivity contribution is 0.475. The van der Waals surface area contributed by atoms with Crippen LogP contribution < -0.4 is 5.73 Å². The molecule has 0 atom stereocenters. The van der Waals surface area contributed by atoms with Gasteiger partial charge in [-0.1, -0.05) is 0 Å². The number of halogens is 2. The second kappa shape index (κ2) is 1.93. The summed E-state index contributed by atoms with van der Waals surface area (Å²) in [5.41, 5.74) is 4.90. The third-order valence-electron chi connectivity index (χ3n) is 0.720. The maximum Gasteiger partial charge on any atom is 0.253 e. The van der Waals surface area contributed by atoms with Gasteiger partial charge < -0.3 is 5.73 Å². The van der Waals surface area contributed by atoms with Crippen LogP contribution in [-0.4, -0.2) is 9.97 Å². The quantitative estimate of drug-likeness (QED) is 0.516. The average Bonchev–Trinajstić information content (AvgIpc) is 1.80. The summed E-state index contributed by atoms with van der Waals surface area (Å²) in [6, 6.07) is 0. The largest absolute Gasteiger partial charge is 0.368 e. The van der Waals surface area contributed by atoms with Crippen molar-refractivity contribution >= 4 is 5.95 Å². The van der Waals surface area contributed by atoms with Crippen molar-refractivity contribution in [2.24, 2.45) is 0 Å². The van der Waals surface area contributed by atoms with Crippen molar-refractivity contribution in [1.29, 1.82) is 0 Å². The van der Waals surface area contributed by atoms with E-state index in [0.29, 0.717) is 6.20 Å². The van der Waals surface area contributed by atoms with E-state index >= 15 is 0 Å². The molecular formula is C4H3F2N3. The molecule has 1 aromatic rings. The molecule has 1 rings (SSSR count). The Balaban J connectivity index is 3.17. The molecule has 0 aliphatic rings. The molecule has 2 N–H and O–H groups in total. The van der Waals surface area contributed by atoms with E-state index in [2.05, 4.69) is 9.97 Å². The minimum Gasteiger partial charge on any atom is -0.368 e. The summed E-state index contributed by atoms with van der Waals surface area (Å²) in [5.74, 6) is -2.58. The van der Waals surface area contributed by atoms with Crippen LogP contribution in [0.15, 0.2) is 6.20 Å². The molecule has 48 valence electrons. The first kappa shape index (κ1) is 5.87. The molecule has 0 radical (unpaired) electrons. The lowest BCUT2D eigenvalue weighted by Crippen LogP contribution is -1.98. The van der Waals surface area contributed by atoms with E-state index in [1.807, 2.05) is 0 Å². The number of hydrogen-bond donors (Lipinski definition) is 1. The second-order valence-electron chi connectivity index (χ2n) is 1.37. The van der Waals surface area contributed by atoms with E-state index in [4.69, 9.17) is 5.73 Å². The van der Waals surface area contributed by atoms with Gasteiger partial charge in [0.25, 0.3) is 5.95 Å². The van der Waals surface area contributed by atoms with Crippen molar-refractivity contribution < 1.29 is 8.78 Å². The van der Waals surface area contributed by atoms with Crippen LogP contribution in [0.5, 0.6) is 0 Å². The Morgan fingerprint density at radius 2 is 2.11 bits per heavy atom. The molecule has 5 heteroatoms. The number of hydrogen-bond acceptors (Lipinski definition) is 3. The van der Waals surface area contributed by atoms with Gasteiger partial charge in [-0.15, -0.1) is 0 Å². The summed E-state index contributed by atoms with van der Waals surface area (Å²) in [5, 5.41) is 0. The normalized spacial score (nSPS) is 9.56. The van der Waals surface area contributed by atoms with Crippen LogP contribution in [-0.2, 0) is 0 Å². The fourth-order valence-electron chi connectivity index (χ4n) is 0.359. The van der Waals surface area contributed by atoms with Crippen LogP contribution in [0.4, 0.5) is 14.7 Å². The van der Waals surface area contributed by atoms with Crippen molar-refractivity contribution in [3.05, 3.63) is 18.0 Å². The van der Waals surface area contributed by atoms with Gasteiger partial charge in [0.15, 0.2) is 5.82 Å². The Hall–Kier alpha value is -1.26. The molecule has 0 aliphatic carbocycles. The van der Waals surface area contributed by atoms with Crippen LogP contribution in [0, 0.1) is 11.8 Å². The van der Waals surface area contributed by atoms with Crippen LogP contribution in [0.3, 0.4) is 0 Å². The number of rotatable bonds is 0. The summed E-state index contributed by atoms with van der Waals surface area (Å²) >= 11 is 0. The van der Waals surface area contributed by atoms with Crippen molar-refractivity contribution in [2.45, 2.75) is 0 Å². The van der Waals surface area contributed by atoms with Crippen LogP contribution >= 0.6 is 0 Å². The minimum atomic E-state index is -1.22. The summed E-state index contributed by atoms with van der Waals surface area (Å²) < 4.78 is 23.9. The van der Waals surface area contributed by atoms with Crippen LogP contribution in [0.1, 0.15) is 0 Å². The first-order valence-electron chi connectivity index (χ1n) is 2.13. The van der Waals surface area contributed by atoms with E-state index < -0.39 is 11.8 Å². The molecule has 0 saturated carbocycles. The Morgan fingerprint density at radius 3 is 2.56 bits per heavy atom. The third-order valence-corrected chi connectivity index (χ3v) is 0.720. The Morgan fingerprint density at radius 1 is 1.44 bits per heavy atom. The standard InChI is InChI=1S/C4H3F2N3/c5-2-1-8-4(7)9-3(2)6/h1H,(H2,7,8,9). The highest BCUT2D eigenvalue weighted by Crippen LogP contribution is 1.99. The predicted octanol–water partition coefficient (Wildman–Crippen LogP) is 0.337. The van der Waals surface area contributed by atoms with E-state index in [1.165, 1.54) is 0 Å². The zero-order valence-electron chi connectivity index (χ0n) is 4.31. The zero-order valence-corrected chi connectivity index (χ0v) is 4.31. The first-order valence-corrected chi connectivity index (χ1v) is 2.13. The average molecular weight is 131 g/mol. The van der Waals surface area contributed by atoms with Gasteiger partial charge in [0.05, 0.1) is 6.20 Å². The first-order chi connectivity index (χ1) is 4.20. The summed E-state index contributed by atoms with van der Waals surface area (Å²) in [7, 11) is 0. The minimum absolute atomic E-state index is 0.270. The number of nitrogen functional groups attached to an aromatic ring is 1. The van der Waals surface area contributed by atoms with E-state index in [-0.39, 0.29) is 5.95 Å². The number of nitrogens with zero attached hydrogens (tertiary/aromatic N) is 2. The zero-order chi connectivity index (χ0) is 6.85. The SMILES string of the molecule is Nc1ncc(F)c(F)n1. The Bertz CT molecular complexity index is 225. The van der Waals surface area contributed by atoms with E-state index in [1.54, 1.807) is 0 Å². The van der Waals surface area contributed by atoms with Gasteiger partial charge >= 0.3 is 0 Å². The Kier molecular flexibility index (Phi) is 1.26. The molecule has 0 saturated heterocycles. The topological polar surface area (TPSA) is 51.8 Å². The molecule has 3 nitrogen and oxygen atoms in total. The fourth-order valence-corrected chi connectivity index (χ4v) is 0.359. The smallest absolute Gasteiger partial charge is 0.253 e. The highest BCUT2D eigenvalue weighted by atomic mass is 19.2. The van der Waals surface area contributed by atoms with E-state index in [0.717, 1.165) is 0 Å². The van der Waals surface area contributed by atoms with Gasteiger partial charge in [0, 0.05) is 0 Å². The van der Waals surface area contributed by atoms with Gasteiger partial charge in [-0.2, -0.15) is 9.37 Å². The number of anilines is 1. The molecule has 0 bridgehead atoms. The maximum atomic E-state index is 12.0. The van der Waals surface area contributed by atoms with E-state index in [9.17, 15) is 8.78 Å². The maximum absolute atomic E-state index is 12.0. The molecule has 0 aliphatic heterocycles. The highest BCUT2D eigenvalue weighted by molar-refractivity contribution is 5.13. The lowest BCUT2D eigenvalue weighted by Gasteiger charge is -1.89. The molecule has 9 heavy (non-hydrogen) atoms. The molecule has 0 spiro atoms. The van der Waals surface area contributed by atoms with Gasteiger partial charge in [-0.25, -0.2) is 9.37 Å². The van der Waals surface area contributed by atoms with Crippen LogP contribution in [0.25, 0.3) is 0 Å². The van der Waals surface area contributed by atoms with Crippen molar-refractivity contribution in [2.75, 3.05) is 5.73 Å². The second-order valence-corrected chi connectivity index (χ2v) is 1.37. The van der Waals surface area contributed by atoms with Crippen LogP contribution in [0.2, 0.25) is 0 Å². The number of nitrogens with two attached hydrogens (primary N) is 1. The molecule has 1 aromatic heterocycles. The predicted molar refractivity (Wildman–Crippen MR) is 26.4 cm³/mol. The molecule has 0 fully saturated rings. The van der Waals surface area contributed by atoms with Gasteiger partial charge in [-0.05, 0) is 0 Å². The molecular weight excluding hydrogens is 128 g/mol. The third kappa shape index (κ3) is 1.10. The van der Waals surface area contributed by atoms with Crippen molar-refractivity contribution in [3.8, 4) is 0 Å². The molecule has 0 amide bonds. The summed E-state index contributed by atoms with van der Waals surface area (Å²) in [6.45, 7) is 0. The molecule has 0 unspecified atom stereocenters. The van der Waals surface area contributed by atoms with Crippen molar-refractivity contribution in [1.82, 2.24) is 9.97 Å². The highest BCUT2D eigenvalue weighted by Gasteiger charge is 2.01. The van der Waals surface area contributed by atoms with Gasteiger partial charge in [-0.3, -0.25) is 0 Å². The molecule has 0 aromatic carbocycles. The number of aromatic nitrogens is 2. The van der Waals surface area contributed by atoms with Gasteiger partial charge in [0.2, 0.25) is 5.95 Å². The summed E-state index contributed by atoms with van der Waals surface area (Å²) in [4.78, 5) is 6.09. The fraction of sp³-hybridized carbons (Fsp3) is 0. The summed E-state index contributed by atoms with van der Waals surface area (Å²) in [6.07, 6.45) is 0.678.